The van der Waals surface area contributed by atoms with Crippen LogP contribution >= 0.6 is 0 Å². The van der Waals surface area contributed by atoms with Gasteiger partial charge in [-0.15, -0.1) is 0 Å². The average molecular weight is 668 g/mol. The fraction of sp³-hybridized carbons (Fsp3) is 0.872. The fourth-order valence-electron chi connectivity index (χ4n) is 5.59. The number of hydrogen-bond donors (Lipinski definition) is 0. The summed E-state index contributed by atoms with van der Waals surface area (Å²) in [5, 5.41) is 11.6. The summed E-state index contributed by atoms with van der Waals surface area (Å²) in [7, 11) is 5.39. The Morgan fingerprint density at radius 1 is 0.617 bits per heavy atom. The number of ether oxygens (including phenoxy) is 3. The number of carboxylic acid groups (broad SMARTS) is 1. The summed E-state index contributed by atoms with van der Waals surface area (Å²) in [5.74, 6) is -1.75. The number of aliphatic carboxylic acids is 1. The minimum atomic E-state index is -1.13. The molecule has 0 aliphatic carbocycles. The SMILES string of the molecule is CCCCCCCC/C=C/CCCCCC(=O)OCC(COCCC(C(=O)[O-])[N+](C)(C)C)OC(=O)CCCCCCCCCCCC. The Hall–Kier alpha value is -1.93. The molecule has 0 aliphatic rings. The number of unbranched alkanes of at least 4 members (excludes halogenated alkanes) is 18. The average Bonchev–Trinajstić information content (AvgIpc) is 3.01. The Labute approximate surface area is 289 Å². The standard InChI is InChI=1S/C39H73NO7/c1-6-8-10-12-14-16-18-19-20-22-23-25-27-29-37(41)46-34-35(33-45-32-31-36(39(43)44)40(3,4)5)47-38(42)30-28-26-24-21-17-15-13-11-9-7-2/h19-20,35-36H,6-18,21-34H2,1-5H3/b20-19+. The third-order valence-electron chi connectivity index (χ3n) is 8.65. The van der Waals surface area contributed by atoms with Crippen molar-refractivity contribution < 1.29 is 38.2 Å². The minimum Gasteiger partial charge on any atom is -0.544 e. The number of carboxylic acids is 1. The van der Waals surface area contributed by atoms with Crippen molar-refractivity contribution in [3.63, 3.8) is 0 Å². The van der Waals surface area contributed by atoms with E-state index in [4.69, 9.17) is 14.2 Å². The third kappa shape index (κ3) is 29.9. The molecule has 276 valence electrons. The number of carbonyl (C=O) groups is 3. The fourth-order valence-corrected chi connectivity index (χ4v) is 5.59. The molecule has 2 atom stereocenters. The molecule has 0 radical (unpaired) electrons. The van der Waals surface area contributed by atoms with E-state index in [9.17, 15) is 19.5 Å². The van der Waals surface area contributed by atoms with Crippen molar-refractivity contribution in [3.8, 4) is 0 Å². The van der Waals surface area contributed by atoms with Crippen molar-refractivity contribution in [1.29, 1.82) is 0 Å². The highest BCUT2D eigenvalue weighted by molar-refractivity contribution is 5.70. The summed E-state index contributed by atoms with van der Waals surface area (Å²) in [4.78, 5) is 36.6. The van der Waals surface area contributed by atoms with Crippen LogP contribution in [0.3, 0.4) is 0 Å². The maximum absolute atomic E-state index is 12.6. The Kier molecular flexibility index (Phi) is 30.1. The second kappa shape index (κ2) is 31.3. The first kappa shape index (κ1) is 45.1. The molecule has 0 spiro atoms. The number of rotatable bonds is 34. The van der Waals surface area contributed by atoms with Gasteiger partial charge in [-0.25, -0.2) is 0 Å². The van der Waals surface area contributed by atoms with Gasteiger partial charge in [-0.1, -0.05) is 122 Å². The Morgan fingerprint density at radius 3 is 1.55 bits per heavy atom. The molecule has 0 fully saturated rings. The molecule has 0 aliphatic heterocycles. The molecule has 2 unspecified atom stereocenters. The normalized spacial score (nSPS) is 13.1. The molecule has 47 heavy (non-hydrogen) atoms. The lowest BCUT2D eigenvalue weighted by atomic mass is 10.1. The number of quaternary nitrogens is 1. The molecule has 0 saturated carbocycles. The molecular weight excluding hydrogens is 594 g/mol. The zero-order valence-electron chi connectivity index (χ0n) is 31.2. The molecule has 0 bridgehead atoms. The van der Waals surface area contributed by atoms with E-state index in [1.807, 2.05) is 0 Å². The van der Waals surface area contributed by atoms with Gasteiger partial charge in [0.15, 0.2) is 6.10 Å². The van der Waals surface area contributed by atoms with Crippen molar-refractivity contribution in [3.05, 3.63) is 12.2 Å². The molecule has 0 saturated heterocycles. The van der Waals surface area contributed by atoms with Gasteiger partial charge in [-0.05, 0) is 38.5 Å². The zero-order chi connectivity index (χ0) is 35.0. The van der Waals surface area contributed by atoms with Crippen LogP contribution in [0, 0.1) is 0 Å². The number of nitrogens with zero attached hydrogens (tertiary/aromatic N) is 1. The highest BCUT2D eigenvalue weighted by atomic mass is 16.6. The van der Waals surface area contributed by atoms with Gasteiger partial charge in [0.1, 0.15) is 12.6 Å². The Bertz CT molecular complexity index is 793. The van der Waals surface area contributed by atoms with Crippen LogP contribution in [0.25, 0.3) is 0 Å². The first-order chi connectivity index (χ1) is 22.6. The van der Waals surface area contributed by atoms with Crippen LogP contribution in [0.1, 0.15) is 168 Å². The number of esters is 2. The number of allylic oxidation sites excluding steroid dienone is 2. The predicted octanol–water partition coefficient (Wildman–Crippen LogP) is 8.24. The lowest BCUT2D eigenvalue weighted by molar-refractivity contribution is -0.889. The molecule has 8 heteroatoms. The second-order valence-corrected chi connectivity index (χ2v) is 14.2. The number of carbonyl (C=O) groups excluding carboxylic acids is 3. The van der Waals surface area contributed by atoms with Crippen molar-refractivity contribution in [2.45, 2.75) is 180 Å². The van der Waals surface area contributed by atoms with Crippen molar-refractivity contribution in [1.82, 2.24) is 0 Å². The Balaban J connectivity index is 4.42. The summed E-state index contributed by atoms with van der Waals surface area (Å²) in [6.45, 7) is 4.62. The highest BCUT2D eigenvalue weighted by Crippen LogP contribution is 2.13. The van der Waals surface area contributed by atoms with Crippen LogP contribution in [0.5, 0.6) is 0 Å². The summed E-state index contributed by atoms with van der Waals surface area (Å²) >= 11 is 0. The van der Waals surface area contributed by atoms with Crippen molar-refractivity contribution >= 4 is 17.9 Å². The quantitative estimate of drug-likeness (QED) is 0.0295. The van der Waals surface area contributed by atoms with Crippen LogP contribution in [0.15, 0.2) is 12.2 Å². The largest absolute Gasteiger partial charge is 0.544 e. The molecule has 0 amide bonds. The van der Waals surface area contributed by atoms with Gasteiger partial charge in [0.25, 0.3) is 0 Å². The molecular formula is C39H73NO7. The van der Waals surface area contributed by atoms with E-state index in [0.717, 1.165) is 51.4 Å². The van der Waals surface area contributed by atoms with E-state index in [0.29, 0.717) is 12.8 Å². The maximum atomic E-state index is 12.6. The summed E-state index contributed by atoms with van der Waals surface area (Å²) in [6, 6.07) is -0.721. The van der Waals surface area contributed by atoms with Gasteiger partial charge in [0.2, 0.25) is 0 Å². The maximum Gasteiger partial charge on any atom is 0.306 e. The van der Waals surface area contributed by atoms with Gasteiger partial charge < -0.3 is 28.6 Å². The van der Waals surface area contributed by atoms with E-state index in [-0.39, 0.29) is 42.7 Å². The first-order valence-corrected chi connectivity index (χ1v) is 19.2. The molecule has 0 heterocycles. The topological polar surface area (TPSA) is 102 Å². The van der Waals surface area contributed by atoms with Crippen LogP contribution in [-0.2, 0) is 28.6 Å². The van der Waals surface area contributed by atoms with Crippen LogP contribution < -0.4 is 5.11 Å². The van der Waals surface area contributed by atoms with Crippen LogP contribution in [-0.4, -0.2) is 75.5 Å². The van der Waals surface area contributed by atoms with Crippen molar-refractivity contribution in [2.24, 2.45) is 0 Å². The third-order valence-corrected chi connectivity index (χ3v) is 8.65. The zero-order valence-corrected chi connectivity index (χ0v) is 31.2. The summed E-state index contributed by atoms with van der Waals surface area (Å²) in [5.41, 5.74) is 0. The second-order valence-electron chi connectivity index (χ2n) is 14.2. The van der Waals surface area contributed by atoms with E-state index < -0.39 is 18.1 Å². The molecule has 8 nitrogen and oxygen atoms in total. The summed E-state index contributed by atoms with van der Waals surface area (Å²) < 4.78 is 17.1. The lowest BCUT2D eigenvalue weighted by Gasteiger charge is -2.34. The van der Waals surface area contributed by atoms with Gasteiger partial charge in [-0.3, -0.25) is 9.59 Å². The minimum absolute atomic E-state index is 0.0407. The number of hydrogen-bond acceptors (Lipinski definition) is 7. The highest BCUT2D eigenvalue weighted by Gasteiger charge is 2.25. The van der Waals surface area contributed by atoms with Gasteiger partial charge in [-0.2, -0.15) is 0 Å². The van der Waals surface area contributed by atoms with E-state index >= 15 is 0 Å². The molecule has 0 aromatic carbocycles. The van der Waals surface area contributed by atoms with Gasteiger partial charge >= 0.3 is 11.9 Å². The first-order valence-electron chi connectivity index (χ1n) is 19.2. The van der Waals surface area contributed by atoms with Crippen LogP contribution in [0.4, 0.5) is 0 Å². The predicted molar refractivity (Wildman–Crippen MR) is 190 cm³/mol. The van der Waals surface area contributed by atoms with Crippen molar-refractivity contribution in [2.75, 3.05) is 41.0 Å². The van der Waals surface area contributed by atoms with Gasteiger partial charge in [0, 0.05) is 19.3 Å². The van der Waals surface area contributed by atoms with E-state index in [1.54, 1.807) is 21.1 Å². The monoisotopic (exact) mass is 668 g/mol. The summed E-state index contributed by atoms with van der Waals surface area (Å²) in [6.07, 6.45) is 29.5. The molecule has 0 aromatic rings. The molecule has 0 rings (SSSR count). The number of likely N-dealkylation sites (N-methyl/N-ethyl adjacent to an activating group) is 1. The van der Waals surface area contributed by atoms with Gasteiger partial charge in [0.05, 0.1) is 40.3 Å². The van der Waals surface area contributed by atoms with E-state index in [2.05, 4.69) is 26.0 Å². The Morgan fingerprint density at radius 2 is 1.06 bits per heavy atom. The molecule has 0 aromatic heterocycles. The lowest BCUT2D eigenvalue weighted by Crippen LogP contribution is -2.55. The van der Waals surface area contributed by atoms with E-state index in [1.165, 1.54) is 83.5 Å². The van der Waals surface area contributed by atoms with Crippen LogP contribution in [0.2, 0.25) is 0 Å². The smallest absolute Gasteiger partial charge is 0.306 e. The molecule has 0 N–H and O–H groups in total.